The lowest BCUT2D eigenvalue weighted by Gasteiger charge is -2.26. The van der Waals surface area contributed by atoms with E-state index in [1.807, 2.05) is 12.1 Å². The zero-order valence-corrected chi connectivity index (χ0v) is 13.0. The molecule has 1 aliphatic heterocycles. The quantitative estimate of drug-likeness (QED) is 0.645. The molecule has 0 aromatic heterocycles. The summed E-state index contributed by atoms with van der Waals surface area (Å²) in [4.78, 5) is 15.7. The number of nitrogens with one attached hydrogen (secondary N) is 1. The minimum absolute atomic E-state index is 0.181. The van der Waals surface area contributed by atoms with E-state index in [9.17, 15) is 10.1 Å². The molecule has 6 nitrogen and oxygen atoms in total. The summed E-state index contributed by atoms with van der Waals surface area (Å²) in [6.07, 6.45) is 1.06. The van der Waals surface area contributed by atoms with Gasteiger partial charge in [0.05, 0.1) is 4.92 Å². The molecule has 1 N–H and O–H groups in total. The standard InChI is InChI=1S/C15H24N4O2/c1-4-17(5-2)12-9-10-18(11-12)14-8-6-7-13(16-3)15(14)19(20)21/h6-8,12,16H,4-5,9-11H2,1-3H3. The van der Waals surface area contributed by atoms with Crippen molar-refractivity contribution in [3.05, 3.63) is 28.3 Å². The largest absolute Gasteiger partial charge is 0.382 e. The van der Waals surface area contributed by atoms with E-state index in [1.54, 1.807) is 13.1 Å². The molecule has 116 valence electrons. The van der Waals surface area contributed by atoms with Crippen LogP contribution in [0, 0.1) is 10.1 Å². The van der Waals surface area contributed by atoms with Gasteiger partial charge in [0.25, 0.3) is 0 Å². The smallest absolute Gasteiger partial charge is 0.315 e. The first-order valence-corrected chi connectivity index (χ1v) is 7.56. The van der Waals surface area contributed by atoms with E-state index in [1.165, 1.54) is 0 Å². The third-order valence-electron chi connectivity index (χ3n) is 4.30. The second kappa shape index (κ2) is 6.76. The van der Waals surface area contributed by atoms with Gasteiger partial charge in [-0.3, -0.25) is 15.0 Å². The highest BCUT2D eigenvalue weighted by molar-refractivity contribution is 5.77. The van der Waals surface area contributed by atoms with Gasteiger partial charge in [0.1, 0.15) is 11.4 Å². The molecule has 2 rings (SSSR count). The van der Waals surface area contributed by atoms with Gasteiger partial charge in [0.2, 0.25) is 0 Å². The minimum atomic E-state index is -0.286. The first kappa shape index (κ1) is 15.6. The van der Waals surface area contributed by atoms with Crippen LogP contribution in [0.25, 0.3) is 0 Å². The van der Waals surface area contributed by atoms with Crippen LogP contribution in [0.3, 0.4) is 0 Å². The van der Waals surface area contributed by atoms with Gasteiger partial charge in [-0.2, -0.15) is 0 Å². The molecule has 0 radical (unpaired) electrons. The van der Waals surface area contributed by atoms with Crippen LogP contribution in [0.15, 0.2) is 18.2 Å². The second-order valence-corrected chi connectivity index (χ2v) is 5.29. The van der Waals surface area contributed by atoms with Crippen molar-refractivity contribution in [2.75, 3.05) is 43.4 Å². The maximum Gasteiger partial charge on any atom is 0.315 e. The predicted molar refractivity (Wildman–Crippen MR) is 86.2 cm³/mol. The van der Waals surface area contributed by atoms with Gasteiger partial charge in [0, 0.05) is 26.2 Å². The Bertz CT molecular complexity index is 502. The second-order valence-electron chi connectivity index (χ2n) is 5.29. The fourth-order valence-corrected chi connectivity index (χ4v) is 3.18. The molecule has 1 atom stereocenters. The first-order chi connectivity index (χ1) is 10.1. The van der Waals surface area contributed by atoms with E-state index in [-0.39, 0.29) is 10.6 Å². The van der Waals surface area contributed by atoms with E-state index >= 15 is 0 Å². The van der Waals surface area contributed by atoms with Crippen molar-refractivity contribution in [1.29, 1.82) is 0 Å². The van der Waals surface area contributed by atoms with Crippen LogP contribution in [0.1, 0.15) is 20.3 Å². The summed E-state index contributed by atoms with van der Waals surface area (Å²) in [6.45, 7) is 8.10. The molecule has 0 amide bonds. The Hall–Kier alpha value is -1.82. The molecule has 0 aliphatic carbocycles. The van der Waals surface area contributed by atoms with Crippen molar-refractivity contribution in [1.82, 2.24) is 4.90 Å². The van der Waals surface area contributed by atoms with Crippen molar-refractivity contribution < 1.29 is 4.92 Å². The Kier molecular flexibility index (Phi) is 5.01. The van der Waals surface area contributed by atoms with Crippen LogP contribution in [0.5, 0.6) is 0 Å². The summed E-state index contributed by atoms with van der Waals surface area (Å²) in [5.74, 6) is 0. The van der Waals surface area contributed by atoms with Crippen molar-refractivity contribution in [3.63, 3.8) is 0 Å². The average molecular weight is 292 g/mol. The third-order valence-corrected chi connectivity index (χ3v) is 4.30. The van der Waals surface area contributed by atoms with Crippen LogP contribution in [0.2, 0.25) is 0 Å². The topological polar surface area (TPSA) is 61.6 Å². The molecule has 1 aromatic carbocycles. The van der Waals surface area contributed by atoms with E-state index in [0.717, 1.165) is 38.3 Å². The summed E-state index contributed by atoms with van der Waals surface area (Å²) in [7, 11) is 1.72. The Labute approximate surface area is 125 Å². The number of likely N-dealkylation sites (N-methyl/N-ethyl adjacent to an activating group) is 1. The van der Waals surface area contributed by atoms with E-state index < -0.39 is 0 Å². The minimum Gasteiger partial charge on any atom is -0.382 e. The van der Waals surface area contributed by atoms with Gasteiger partial charge in [-0.15, -0.1) is 0 Å². The summed E-state index contributed by atoms with van der Waals surface area (Å²) >= 11 is 0. The highest BCUT2D eigenvalue weighted by Gasteiger charge is 2.31. The summed E-state index contributed by atoms with van der Waals surface area (Å²) < 4.78 is 0. The molecule has 1 unspecified atom stereocenters. The Morgan fingerprint density at radius 1 is 1.43 bits per heavy atom. The fourth-order valence-electron chi connectivity index (χ4n) is 3.18. The maximum atomic E-state index is 11.4. The number of anilines is 2. The third kappa shape index (κ3) is 3.10. The lowest BCUT2D eigenvalue weighted by atomic mass is 10.2. The zero-order chi connectivity index (χ0) is 15.4. The van der Waals surface area contributed by atoms with Gasteiger partial charge < -0.3 is 10.2 Å². The lowest BCUT2D eigenvalue weighted by molar-refractivity contribution is -0.383. The Morgan fingerprint density at radius 3 is 2.71 bits per heavy atom. The average Bonchev–Trinajstić information content (AvgIpc) is 2.97. The molecule has 1 heterocycles. The molecule has 0 saturated carbocycles. The Morgan fingerprint density at radius 2 is 2.14 bits per heavy atom. The number of hydrogen-bond donors (Lipinski definition) is 1. The maximum absolute atomic E-state index is 11.4. The number of nitro benzene ring substituents is 1. The number of para-hydroxylation sites is 1. The predicted octanol–water partition coefficient (Wildman–Crippen LogP) is 2.56. The van der Waals surface area contributed by atoms with Crippen molar-refractivity contribution >= 4 is 17.1 Å². The molecule has 6 heteroatoms. The number of nitro groups is 1. The van der Waals surface area contributed by atoms with Crippen LogP contribution < -0.4 is 10.2 Å². The van der Waals surface area contributed by atoms with E-state index in [2.05, 4.69) is 29.0 Å². The molecule has 1 saturated heterocycles. The molecule has 0 bridgehead atoms. The van der Waals surface area contributed by atoms with Gasteiger partial charge in [-0.25, -0.2) is 0 Å². The van der Waals surface area contributed by atoms with Crippen LogP contribution in [-0.4, -0.2) is 49.1 Å². The molecule has 0 spiro atoms. The molecule has 1 aliphatic rings. The first-order valence-electron chi connectivity index (χ1n) is 7.56. The van der Waals surface area contributed by atoms with E-state index in [4.69, 9.17) is 0 Å². The SMILES string of the molecule is CCN(CC)C1CCN(c2cccc(NC)c2[N+](=O)[O-])C1. The number of rotatable bonds is 6. The highest BCUT2D eigenvalue weighted by atomic mass is 16.6. The summed E-state index contributed by atoms with van der Waals surface area (Å²) in [5.41, 5.74) is 1.48. The number of benzene rings is 1. The van der Waals surface area contributed by atoms with Crippen molar-refractivity contribution in [2.24, 2.45) is 0 Å². The lowest BCUT2D eigenvalue weighted by Crippen LogP contribution is -2.37. The van der Waals surface area contributed by atoms with E-state index in [0.29, 0.717) is 11.7 Å². The molecular weight excluding hydrogens is 268 g/mol. The molecular formula is C15H24N4O2. The van der Waals surface area contributed by atoms with Crippen LogP contribution in [0.4, 0.5) is 17.1 Å². The highest BCUT2D eigenvalue weighted by Crippen LogP contribution is 2.37. The summed E-state index contributed by atoms with van der Waals surface area (Å²) in [6, 6.07) is 5.96. The molecule has 1 fully saturated rings. The van der Waals surface area contributed by atoms with Crippen LogP contribution in [-0.2, 0) is 0 Å². The molecule has 21 heavy (non-hydrogen) atoms. The van der Waals surface area contributed by atoms with Crippen LogP contribution >= 0.6 is 0 Å². The fraction of sp³-hybridized carbons (Fsp3) is 0.600. The van der Waals surface area contributed by atoms with Gasteiger partial charge in [0.15, 0.2) is 0 Å². The van der Waals surface area contributed by atoms with Crippen molar-refractivity contribution in [3.8, 4) is 0 Å². The number of hydrogen-bond acceptors (Lipinski definition) is 5. The van der Waals surface area contributed by atoms with Crippen molar-refractivity contribution in [2.45, 2.75) is 26.3 Å². The molecule has 1 aromatic rings. The number of nitrogens with zero attached hydrogens (tertiary/aromatic N) is 3. The van der Waals surface area contributed by atoms with Gasteiger partial charge in [-0.1, -0.05) is 19.9 Å². The Balaban J connectivity index is 2.26. The van der Waals surface area contributed by atoms with Gasteiger partial charge in [-0.05, 0) is 31.6 Å². The van der Waals surface area contributed by atoms with Gasteiger partial charge >= 0.3 is 5.69 Å². The normalized spacial score (nSPS) is 18.3. The monoisotopic (exact) mass is 292 g/mol. The summed E-state index contributed by atoms with van der Waals surface area (Å²) in [5, 5.41) is 14.3. The zero-order valence-electron chi connectivity index (χ0n) is 13.0.